The molecule has 0 spiro atoms. The molecule has 0 fully saturated rings. The summed E-state index contributed by atoms with van der Waals surface area (Å²) in [6, 6.07) is 9.58. The first kappa shape index (κ1) is 13.1. The van der Waals surface area contributed by atoms with E-state index >= 15 is 0 Å². The van der Waals surface area contributed by atoms with Gasteiger partial charge in [0.25, 0.3) is 0 Å². The van der Waals surface area contributed by atoms with Gasteiger partial charge in [-0.05, 0) is 36.6 Å². The van der Waals surface area contributed by atoms with Crippen LogP contribution in [0.4, 0.5) is 0 Å². The Hall–Kier alpha value is -2.34. The molecule has 0 unspecified atom stereocenters. The van der Waals surface area contributed by atoms with Crippen molar-refractivity contribution in [2.24, 2.45) is 0 Å². The van der Waals surface area contributed by atoms with Gasteiger partial charge in [0, 0.05) is 11.8 Å². The summed E-state index contributed by atoms with van der Waals surface area (Å²) < 4.78 is 1.82. The fourth-order valence-corrected chi connectivity index (χ4v) is 1.99. The second kappa shape index (κ2) is 5.11. The van der Waals surface area contributed by atoms with E-state index in [0.29, 0.717) is 11.5 Å². The largest absolute Gasteiger partial charge is 0.240 e. The molecule has 0 radical (unpaired) electrons. The Labute approximate surface area is 113 Å². The molecule has 0 amide bonds. The van der Waals surface area contributed by atoms with E-state index in [4.69, 9.17) is 5.26 Å². The quantitative estimate of drug-likeness (QED) is 0.830. The number of rotatable bonds is 3. The molecule has 1 heterocycles. The van der Waals surface area contributed by atoms with Crippen molar-refractivity contribution < 1.29 is 0 Å². The van der Waals surface area contributed by atoms with Crippen LogP contribution in [0, 0.1) is 11.3 Å². The molecule has 0 aliphatic rings. The lowest BCUT2D eigenvalue weighted by atomic mass is 10.0. The van der Waals surface area contributed by atoms with Gasteiger partial charge in [-0.2, -0.15) is 10.4 Å². The van der Waals surface area contributed by atoms with E-state index in [2.05, 4.69) is 31.6 Å². The van der Waals surface area contributed by atoms with Crippen molar-refractivity contribution in [3.63, 3.8) is 0 Å². The van der Waals surface area contributed by atoms with Crippen molar-refractivity contribution in [2.45, 2.75) is 26.7 Å². The van der Waals surface area contributed by atoms with Crippen LogP contribution in [0.2, 0.25) is 0 Å². The van der Waals surface area contributed by atoms with Gasteiger partial charge >= 0.3 is 0 Å². The van der Waals surface area contributed by atoms with Crippen LogP contribution < -0.4 is 0 Å². The third kappa shape index (κ3) is 2.58. The molecule has 3 nitrogen and oxygen atoms in total. The number of nitriles is 1. The number of aromatic nitrogens is 2. The minimum absolute atomic E-state index is 0.340. The van der Waals surface area contributed by atoms with Crippen molar-refractivity contribution in [1.82, 2.24) is 9.78 Å². The van der Waals surface area contributed by atoms with Crippen LogP contribution in [0.15, 0.2) is 37.0 Å². The Balaban J connectivity index is 2.54. The van der Waals surface area contributed by atoms with E-state index in [0.717, 1.165) is 22.5 Å². The molecule has 0 aliphatic heterocycles. The Morgan fingerprint density at radius 1 is 1.42 bits per heavy atom. The summed E-state index contributed by atoms with van der Waals surface area (Å²) in [6.45, 7) is 10.2. The molecule has 1 aromatic carbocycles. The van der Waals surface area contributed by atoms with Crippen LogP contribution in [0.1, 0.15) is 43.5 Å². The average molecular weight is 251 g/mol. The summed E-state index contributed by atoms with van der Waals surface area (Å²) in [4.78, 5) is 0. The molecule has 0 N–H and O–H groups in total. The van der Waals surface area contributed by atoms with Crippen molar-refractivity contribution in [3.8, 4) is 11.8 Å². The van der Waals surface area contributed by atoms with E-state index < -0.39 is 0 Å². The first-order valence-corrected chi connectivity index (χ1v) is 6.29. The molecular formula is C16H17N3. The van der Waals surface area contributed by atoms with E-state index in [1.807, 2.05) is 36.0 Å². The maximum atomic E-state index is 8.95. The molecular weight excluding hydrogens is 234 g/mol. The molecule has 0 atom stereocenters. The highest BCUT2D eigenvalue weighted by Crippen LogP contribution is 2.25. The Bertz CT molecular complexity index is 657. The van der Waals surface area contributed by atoms with Gasteiger partial charge < -0.3 is 0 Å². The van der Waals surface area contributed by atoms with Crippen molar-refractivity contribution in [3.05, 3.63) is 53.9 Å². The maximum absolute atomic E-state index is 8.95. The number of hydrogen-bond donors (Lipinski definition) is 0. The topological polar surface area (TPSA) is 41.6 Å². The highest BCUT2D eigenvalue weighted by Gasteiger charge is 2.13. The monoisotopic (exact) mass is 251 g/mol. The number of allylic oxidation sites excluding steroid dienone is 1. The number of hydrogen-bond acceptors (Lipinski definition) is 2. The van der Waals surface area contributed by atoms with E-state index in [-0.39, 0.29) is 0 Å². The van der Waals surface area contributed by atoms with Gasteiger partial charge in [-0.25, -0.2) is 4.68 Å². The molecule has 1 aromatic heterocycles. The standard InChI is InChI=1S/C16H17N3/c1-11(2)15-10-19(18-16(15)12(3)4)14-7-5-6-13(8-14)9-17/h5-8,10,12H,1H2,2-4H3. The van der Waals surface area contributed by atoms with Crippen molar-refractivity contribution in [2.75, 3.05) is 0 Å². The summed E-state index contributed by atoms with van der Waals surface area (Å²) in [5.74, 6) is 0.340. The molecule has 0 saturated heterocycles. The van der Waals surface area contributed by atoms with Gasteiger partial charge in [-0.3, -0.25) is 0 Å². The Kier molecular flexibility index (Phi) is 3.52. The highest BCUT2D eigenvalue weighted by atomic mass is 15.3. The van der Waals surface area contributed by atoms with Gasteiger partial charge in [-0.15, -0.1) is 0 Å². The lowest BCUT2D eigenvalue weighted by Gasteiger charge is -2.03. The molecule has 3 heteroatoms. The fourth-order valence-electron chi connectivity index (χ4n) is 1.99. The Morgan fingerprint density at radius 3 is 2.68 bits per heavy atom. The zero-order valence-corrected chi connectivity index (χ0v) is 11.5. The molecule has 0 saturated carbocycles. The summed E-state index contributed by atoms with van der Waals surface area (Å²) >= 11 is 0. The number of benzene rings is 1. The van der Waals surface area contributed by atoms with Crippen LogP contribution in [0.5, 0.6) is 0 Å². The summed E-state index contributed by atoms with van der Waals surface area (Å²) in [7, 11) is 0. The molecule has 0 aliphatic carbocycles. The number of nitrogens with zero attached hydrogens (tertiary/aromatic N) is 3. The maximum Gasteiger partial charge on any atom is 0.0992 e. The molecule has 19 heavy (non-hydrogen) atoms. The van der Waals surface area contributed by atoms with Crippen molar-refractivity contribution >= 4 is 5.57 Å². The SMILES string of the molecule is C=C(C)c1cn(-c2cccc(C#N)c2)nc1C(C)C. The second-order valence-electron chi connectivity index (χ2n) is 4.97. The lowest BCUT2D eigenvalue weighted by molar-refractivity contribution is 0.767. The van der Waals surface area contributed by atoms with Crippen LogP contribution in [0.3, 0.4) is 0 Å². The smallest absolute Gasteiger partial charge is 0.0992 e. The predicted molar refractivity (Wildman–Crippen MR) is 77.1 cm³/mol. The molecule has 2 rings (SSSR count). The van der Waals surface area contributed by atoms with Gasteiger partial charge in [0.05, 0.1) is 23.0 Å². The van der Waals surface area contributed by atoms with Crippen LogP contribution >= 0.6 is 0 Å². The predicted octanol–water partition coefficient (Wildman–Crippen LogP) is 3.90. The fraction of sp³-hybridized carbons (Fsp3) is 0.250. The van der Waals surface area contributed by atoms with Gasteiger partial charge in [0.2, 0.25) is 0 Å². The molecule has 96 valence electrons. The zero-order valence-electron chi connectivity index (χ0n) is 11.5. The lowest BCUT2D eigenvalue weighted by Crippen LogP contribution is -1.97. The van der Waals surface area contributed by atoms with Gasteiger partial charge in [-0.1, -0.05) is 26.5 Å². The van der Waals surface area contributed by atoms with E-state index in [9.17, 15) is 0 Å². The van der Waals surface area contributed by atoms with Crippen LogP contribution in [0.25, 0.3) is 11.3 Å². The second-order valence-corrected chi connectivity index (χ2v) is 4.97. The van der Waals surface area contributed by atoms with Crippen LogP contribution in [-0.2, 0) is 0 Å². The van der Waals surface area contributed by atoms with Gasteiger partial charge in [0.15, 0.2) is 0 Å². The first-order chi connectivity index (χ1) is 9.02. The van der Waals surface area contributed by atoms with Gasteiger partial charge in [0.1, 0.15) is 0 Å². The summed E-state index contributed by atoms with van der Waals surface area (Å²) in [5.41, 5.74) is 4.66. The minimum atomic E-state index is 0.340. The average Bonchev–Trinajstić information content (AvgIpc) is 2.84. The van der Waals surface area contributed by atoms with E-state index in [1.54, 1.807) is 6.07 Å². The highest BCUT2D eigenvalue weighted by molar-refractivity contribution is 5.63. The molecule has 0 bridgehead atoms. The summed E-state index contributed by atoms with van der Waals surface area (Å²) in [6.07, 6.45) is 1.98. The third-order valence-electron chi connectivity index (χ3n) is 2.99. The third-order valence-corrected chi connectivity index (χ3v) is 2.99. The zero-order chi connectivity index (χ0) is 14.0. The first-order valence-electron chi connectivity index (χ1n) is 6.29. The van der Waals surface area contributed by atoms with Crippen LogP contribution in [-0.4, -0.2) is 9.78 Å². The van der Waals surface area contributed by atoms with E-state index in [1.165, 1.54) is 0 Å². The molecule has 2 aromatic rings. The normalized spacial score (nSPS) is 10.5. The Morgan fingerprint density at radius 2 is 2.16 bits per heavy atom. The summed E-state index contributed by atoms with van der Waals surface area (Å²) in [5, 5.41) is 13.6. The minimum Gasteiger partial charge on any atom is -0.240 e. The van der Waals surface area contributed by atoms with Crippen molar-refractivity contribution in [1.29, 1.82) is 5.26 Å².